The number of unbranched alkanes of at least 4 members (excludes halogenated alkanes) is 9. The van der Waals surface area contributed by atoms with Crippen molar-refractivity contribution in [3.05, 3.63) is 105 Å². The van der Waals surface area contributed by atoms with Crippen LogP contribution in [0.15, 0.2) is 93.9 Å². The van der Waals surface area contributed by atoms with Gasteiger partial charge < -0.3 is 9.30 Å². The molecule has 0 amide bonds. The molecule has 0 radical (unpaired) electrons. The van der Waals surface area contributed by atoms with Gasteiger partial charge in [0.1, 0.15) is 5.75 Å². The minimum atomic E-state index is 0.0119. The van der Waals surface area contributed by atoms with Crippen molar-refractivity contribution in [2.45, 2.75) is 71.1 Å². The van der Waals surface area contributed by atoms with Gasteiger partial charge in [-0.25, -0.2) is 0 Å². The van der Waals surface area contributed by atoms with Crippen molar-refractivity contribution < 1.29 is 9.53 Å². The van der Waals surface area contributed by atoms with E-state index < -0.39 is 0 Å². The number of hydrogen-bond donors (Lipinski definition) is 0. The molecular formula is C37H39Br2NO2. The van der Waals surface area contributed by atoms with Crippen molar-refractivity contribution >= 4 is 59.4 Å². The van der Waals surface area contributed by atoms with Crippen molar-refractivity contribution in [2.75, 3.05) is 6.61 Å². The third-order valence-electron chi connectivity index (χ3n) is 7.96. The van der Waals surface area contributed by atoms with Crippen LogP contribution in [0.3, 0.4) is 0 Å². The summed E-state index contributed by atoms with van der Waals surface area (Å²) in [5.74, 6) is 0.834. The average Bonchev–Trinajstić information content (AvgIpc) is 3.32. The maximum atomic E-state index is 13.3. The number of benzene rings is 4. The molecule has 0 unspecified atom stereocenters. The summed E-state index contributed by atoms with van der Waals surface area (Å²) in [5.41, 5.74) is 4.61. The number of ketones is 1. The number of carbonyl (C=O) groups is 1. The molecule has 0 saturated heterocycles. The Morgan fingerprint density at radius 1 is 0.619 bits per heavy atom. The van der Waals surface area contributed by atoms with E-state index in [1.54, 1.807) is 0 Å². The number of ether oxygens (including phenoxy) is 1. The van der Waals surface area contributed by atoms with Crippen LogP contribution in [0.5, 0.6) is 5.75 Å². The molecule has 0 aliphatic heterocycles. The lowest BCUT2D eigenvalue weighted by Gasteiger charge is -2.10. The van der Waals surface area contributed by atoms with Crippen LogP contribution < -0.4 is 4.74 Å². The number of halogens is 2. The lowest BCUT2D eigenvalue weighted by atomic mass is 10.0. The predicted octanol–water partition coefficient (Wildman–Crippen LogP) is 11.8. The second kappa shape index (κ2) is 15.0. The third-order valence-corrected chi connectivity index (χ3v) is 8.95. The molecule has 5 rings (SSSR count). The Kier molecular flexibility index (Phi) is 10.9. The van der Waals surface area contributed by atoms with Crippen LogP contribution in [0.1, 0.15) is 87.1 Å². The first kappa shape index (κ1) is 30.6. The van der Waals surface area contributed by atoms with Crippen LogP contribution in [-0.2, 0) is 0 Å². The van der Waals surface area contributed by atoms with Crippen LogP contribution in [0, 0.1) is 0 Å². The maximum Gasteiger partial charge on any atom is 0.193 e. The van der Waals surface area contributed by atoms with Crippen LogP contribution in [0.25, 0.3) is 27.5 Å². The first-order chi connectivity index (χ1) is 20.5. The highest BCUT2D eigenvalue weighted by molar-refractivity contribution is 9.10. The van der Waals surface area contributed by atoms with Crippen LogP contribution in [0.4, 0.5) is 0 Å². The highest BCUT2D eigenvalue weighted by atomic mass is 79.9. The Morgan fingerprint density at radius 3 is 1.62 bits per heavy atom. The van der Waals surface area contributed by atoms with Gasteiger partial charge in [-0.15, -0.1) is 0 Å². The van der Waals surface area contributed by atoms with Gasteiger partial charge in [0.05, 0.1) is 17.6 Å². The van der Waals surface area contributed by atoms with E-state index in [1.165, 1.54) is 68.6 Å². The molecule has 0 atom stereocenters. The number of carbonyl (C=O) groups excluding carboxylic acids is 1. The molecule has 0 saturated carbocycles. The molecule has 0 fully saturated rings. The van der Waals surface area contributed by atoms with E-state index in [0.29, 0.717) is 11.1 Å². The zero-order valence-corrected chi connectivity index (χ0v) is 27.6. The summed E-state index contributed by atoms with van der Waals surface area (Å²) in [6.45, 7) is 2.99. The van der Waals surface area contributed by atoms with E-state index >= 15 is 0 Å². The summed E-state index contributed by atoms with van der Waals surface area (Å²) in [7, 11) is 0. The topological polar surface area (TPSA) is 31.2 Å². The lowest BCUT2D eigenvalue weighted by molar-refractivity contribution is 0.103. The third kappa shape index (κ3) is 7.54. The molecule has 1 aromatic heterocycles. The van der Waals surface area contributed by atoms with Gasteiger partial charge in [-0.1, -0.05) is 96.6 Å². The molecular weight excluding hydrogens is 650 g/mol. The first-order valence-electron chi connectivity index (χ1n) is 15.3. The normalized spacial score (nSPS) is 11.4. The van der Waals surface area contributed by atoms with E-state index in [4.69, 9.17) is 4.74 Å². The Bertz CT molecular complexity index is 1560. The zero-order chi connectivity index (χ0) is 29.3. The molecule has 1 heterocycles. The SMILES string of the molecule is CCCCCCCCCCCCOc1ccc(C(=O)c2ccc(-n3c4ccc(Br)cc4c4cc(Br)ccc43)cc2)cc1. The Balaban J connectivity index is 1.16. The Hall–Kier alpha value is -2.89. The minimum Gasteiger partial charge on any atom is -0.494 e. The fourth-order valence-electron chi connectivity index (χ4n) is 5.66. The van der Waals surface area contributed by atoms with Crippen LogP contribution in [0.2, 0.25) is 0 Å². The molecule has 3 nitrogen and oxygen atoms in total. The molecule has 5 aromatic rings. The van der Waals surface area contributed by atoms with Crippen molar-refractivity contribution in [1.82, 2.24) is 4.57 Å². The highest BCUT2D eigenvalue weighted by Gasteiger charge is 2.15. The Morgan fingerprint density at radius 2 is 1.10 bits per heavy atom. The lowest BCUT2D eigenvalue weighted by Crippen LogP contribution is -2.03. The number of nitrogens with zero attached hydrogens (tertiary/aromatic N) is 1. The highest BCUT2D eigenvalue weighted by Crippen LogP contribution is 2.35. The van der Waals surface area contributed by atoms with Gasteiger partial charge in [0, 0.05) is 36.5 Å². The quantitative estimate of drug-likeness (QED) is 0.0809. The average molecular weight is 690 g/mol. The number of aromatic nitrogens is 1. The summed E-state index contributed by atoms with van der Waals surface area (Å²) < 4.78 is 10.3. The molecule has 0 spiro atoms. The Labute approximate surface area is 266 Å². The van der Waals surface area contributed by atoms with E-state index in [1.807, 2.05) is 48.5 Å². The molecule has 42 heavy (non-hydrogen) atoms. The summed E-state index contributed by atoms with van der Waals surface area (Å²) in [5, 5.41) is 2.35. The van der Waals surface area contributed by atoms with Crippen molar-refractivity contribution in [3.63, 3.8) is 0 Å². The molecule has 0 N–H and O–H groups in total. The summed E-state index contributed by atoms with van der Waals surface area (Å²) in [6.07, 6.45) is 13.1. The number of rotatable bonds is 15. The summed E-state index contributed by atoms with van der Waals surface area (Å²) >= 11 is 7.24. The van der Waals surface area contributed by atoms with Crippen LogP contribution >= 0.6 is 31.9 Å². The fraction of sp³-hybridized carbons (Fsp3) is 0.324. The van der Waals surface area contributed by atoms with E-state index in [-0.39, 0.29) is 5.78 Å². The zero-order valence-electron chi connectivity index (χ0n) is 24.4. The fourth-order valence-corrected chi connectivity index (χ4v) is 6.38. The molecule has 218 valence electrons. The largest absolute Gasteiger partial charge is 0.494 e. The second-order valence-corrected chi connectivity index (χ2v) is 12.9. The molecule has 5 heteroatoms. The molecule has 0 aliphatic carbocycles. The standard InChI is InChI=1S/C37H39Br2NO2/c1-2-3-4-5-6-7-8-9-10-11-24-42-32-20-14-28(15-21-32)37(41)27-12-18-31(19-13-27)40-35-22-16-29(38)25-33(35)34-26-30(39)17-23-36(34)40/h12-23,25-26H,2-11,24H2,1H3. The van der Waals surface area contributed by atoms with Gasteiger partial charge >= 0.3 is 0 Å². The van der Waals surface area contributed by atoms with E-state index in [0.717, 1.165) is 44.4 Å². The molecule has 4 aromatic carbocycles. The van der Waals surface area contributed by atoms with E-state index in [9.17, 15) is 4.79 Å². The number of fused-ring (bicyclic) bond motifs is 3. The monoisotopic (exact) mass is 687 g/mol. The minimum absolute atomic E-state index is 0.0119. The molecule has 0 aliphatic rings. The van der Waals surface area contributed by atoms with Gasteiger partial charge in [0.15, 0.2) is 5.78 Å². The molecule has 0 bridgehead atoms. The van der Waals surface area contributed by atoms with Crippen LogP contribution in [-0.4, -0.2) is 17.0 Å². The van der Waals surface area contributed by atoms with Gasteiger partial charge in [0.25, 0.3) is 0 Å². The second-order valence-electron chi connectivity index (χ2n) is 11.1. The van der Waals surface area contributed by atoms with Gasteiger partial charge in [-0.3, -0.25) is 4.79 Å². The predicted molar refractivity (Wildman–Crippen MR) is 183 cm³/mol. The van der Waals surface area contributed by atoms with Gasteiger partial charge in [0.2, 0.25) is 0 Å². The van der Waals surface area contributed by atoms with Gasteiger partial charge in [-0.2, -0.15) is 0 Å². The summed E-state index contributed by atoms with van der Waals surface area (Å²) in [6, 6.07) is 28.2. The first-order valence-corrected chi connectivity index (χ1v) is 16.9. The van der Waals surface area contributed by atoms with Gasteiger partial charge in [-0.05, 0) is 91.3 Å². The maximum absolute atomic E-state index is 13.3. The smallest absolute Gasteiger partial charge is 0.193 e. The summed E-state index contributed by atoms with van der Waals surface area (Å²) in [4.78, 5) is 13.3. The number of hydrogen-bond acceptors (Lipinski definition) is 2. The van der Waals surface area contributed by atoms with Crippen molar-refractivity contribution in [3.8, 4) is 11.4 Å². The van der Waals surface area contributed by atoms with E-state index in [2.05, 4.69) is 79.7 Å². The van der Waals surface area contributed by atoms with Crippen molar-refractivity contribution in [1.29, 1.82) is 0 Å². The van der Waals surface area contributed by atoms with Crippen molar-refractivity contribution in [2.24, 2.45) is 0 Å².